The summed E-state index contributed by atoms with van der Waals surface area (Å²) in [6.45, 7) is -6.41. The summed E-state index contributed by atoms with van der Waals surface area (Å²) in [5.41, 5.74) is 4.01. The third-order valence-corrected chi connectivity index (χ3v) is 11.1. The Labute approximate surface area is 246 Å². The van der Waals surface area contributed by atoms with Gasteiger partial charge in [-0.05, 0) is 23.9 Å². The van der Waals surface area contributed by atoms with Crippen LogP contribution in [-0.4, -0.2) is 122 Å². The Morgan fingerprint density at radius 1 is 1.26 bits per heavy atom. The molecule has 2 aromatic heterocycles. The van der Waals surface area contributed by atoms with Gasteiger partial charge in [0.1, 0.15) is 30.2 Å². The number of rotatable bonds is 10. The van der Waals surface area contributed by atoms with Crippen molar-refractivity contribution in [3.63, 3.8) is 0 Å². The summed E-state index contributed by atoms with van der Waals surface area (Å²) < 4.78 is 39.1. The summed E-state index contributed by atoms with van der Waals surface area (Å²) in [5.74, 6) is -3.44. The van der Waals surface area contributed by atoms with Crippen LogP contribution in [0, 0.1) is 24.2 Å². The highest BCUT2D eigenvalue weighted by molar-refractivity contribution is 8.08. The van der Waals surface area contributed by atoms with E-state index in [0.717, 1.165) is 6.33 Å². The average Bonchev–Trinajstić information content (AvgIpc) is 3.50. The van der Waals surface area contributed by atoms with E-state index in [9.17, 15) is 50.1 Å². The summed E-state index contributed by atoms with van der Waals surface area (Å²) in [5, 5.41) is 76.0. The second-order valence-corrected chi connectivity index (χ2v) is 14.5. The van der Waals surface area contributed by atoms with Crippen LogP contribution in [0.3, 0.4) is 0 Å². The number of nitrogens with zero attached hydrogens (tertiary/aromatic N) is 3. The van der Waals surface area contributed by atoms with Gasteiger partial charge in [-0.15, -0.1) is 6.42 Å². The Morgan fingerprint density at radius 3 is 2.60 bits per heavy atom. The highest BCUT2D eigenvalue weighted by atomic mass is 32.5. The second kappa shape index (κ2) is 11.3. The SMILES string of the molecule is C#C[C@@]1(O)[C@H](O)[C@@H](COP(O)(=S)OP(=O)(O)OC2OC3(O)C2C(O)C(O)C3[C@@H](O)CO)O[C@H]1c1ccc2c(N)ncnn12. The molecule has 3 fully saturated rings. The first kappa shape index (κ1) is 32.7. The number of phosphoric acid groups is 1. The number of hydrogen-bond acceptors (Lipinski definition) is 17. The number of phosphoric ester groups is 1. The van der Waals surface area contributed by atoms with Crippen molar-refractivity contribution in [2.45, 2.75) is 54.3 Å². The fraction of sp³-hybridized carbons (Fsp3) is 0.619. The van der Waals surface area contributed by atoms with Crippen molar-refractivity contribution < 1.29 is 72.9 Å². The number of ether oxygens (including phenoxy) is 2. The lowest BCUT2D eigenvalue weighted by Crippen LogP contribution is -2.64. The number of anilines is 1. The molecule has 0 aromatic carbocycles. The monoisotopic (exact) mass is 670 g/mol. The quantitative estimate of drug-likeness (QED) is 0.0856. The van der Waals surface area contributed by atoms with Crippen molar-refractivity contribution in [1.29, 1.82) is 0 Å². The largest absolute Gasteiger partial charge is 0.481 e. The molecule has 2 saturated heterocycles. The minimum atomic E-state index is -5.39. The van der Waals surface area contributed by atoms with E-state index < -0.39 is 93.9 Å². The van der Waals surface area contributed by atoms with Crippen LogP contribution in [0.25, 0.3) is 5.52 Å². The maximum absolute atomic E-state index is 12.6. The minimum Gasteiger partial charge on any atom is -0.394 e. The summed E-state index contributed by atoms with van der Waals surface area (Å²) in [4.78, 5) is 24.5. The standard InChI is InChI=1S/C21H28N4O15P2S/c1-2-20(31)16(30)11(37-17(20)8-3-4-9-18(22)23-7-24-25(8)9)6-36-42(35,43)40-41(33,34)39-19-13-15(29)14(28)12(10(27)5-26)21(13,32)38-19/h1,3-4,7,10-17,19,26-32H,5-6H2,(H,33,34)(H,35,43)(H2,22,23,24)/t10-,11+,12?,13?,14?,15?,16+,17-,19?,20+,21?,42?/m0/s1. The molecule has 13 atom stereocenters. The third-order valence-electron chi connectivity index (χ3n) is 7.61. The van der Waals surface area contributed by atoms with Crippen molar-refractivity contribution in [2.75, 3.05) is 18.9 Å². The van der Waals surface area contributed by atoms with E-state index in [1.807, 2.05) is 0 Å². The van der Waals surface area contributed by atoms with Gasteiger partial charge in [-0.1, -0.05) is 5.92 Å². The molecule has 19 nitrogen and oxygen atoms in total. The number of aliphatic hydroxyl groups excluding tert-OH is 5. The molecule has 2 aliphatic heterocycles. The number of nitrogen functional groups attached to an aromatic ring is 1. The van der Waals surface area contributed by atoms with E-state index >= 15 is 0 Å². The summed E-state index contributed by atoms with van der Waals surface area (Å²) in [7, 11) is -5.39. The molecule has 43 heavy (non-hydrogen) atoms. The van der Waals surface area contributed by atoms with Gasteiger partial charge in [-0.2, -0.15) is 5.10 Å². The number of hydrogen-bond donors (Lipinski definition) is 10. The van der Waals surface area contributed by atoms with E-state index in [0.29, 0.717) is 5.52 Å². The molecule has 11 N–H and O–H groups in total. The van der Waals surface area contributed by atoms with Crippen molar-refractivity contribution in [3.8, 4) is 12.3 Å². The molecule has 0 amide bonds. The highest BCUT2D eigenvalue weighted by Gasteiger charge is 2.73. The van der Waals surface area contributed by atoms with Gasteiger partial charge in [0.05, 0.1) is 49.1 Å². The van der Waals surface area contributed by atoms with E-state index in [1.54, 1.807) is 0 Å². The summed E-state index contributed by atoms with van der Waals surface area (Å²) in [6.07, 6.45) is -5.31. The van der Waals surface area contributed by atoms with Crippen molar-refractivity contribution in [1.82, 2.24) is 14.6 Å². The third kappa shape index (κ3) is 5.43. The molecule has 3 aliphatic rings. The van der Waals surface area contributed by atoms with Crippen LogP contribution in [0.15, 0.2) is 18.5 Å². The van der Waals surface area contributed by atoms with Gasteiger partial charge in [0.15, 0.2) is 23.5 Å². The molecule has 22 heteroatoms. The van der Waals surface area contributed by atoms with E-state index in [-0.39, 0.29) is 11.5 Å². The van der Waals surface area contributed by atoms with Gasteiger partial charge in [-0.3, -0.25) is 4.52 Å². The molecule has 1 aliphatic carbocycles. The van der Waals surface area contributed by atoms with Gasteiger partial charge in [0, 0.05) is 0 Å². The lowest BCUT2D eigenvalue weighted by Gasteiger charge is -2.49. The summed E-state index contributed by atoms with van der Waals surface area (Å²) >= 11 is 4.76. The van der Waals surface area contributed by atoms with E-state index in [4.69, 9.17) is 42.5 Å². The van der Waals surface area contributed by atoms with Crippen LogP contribution in [0.4, 0.5) is 5.82 Å². The van der Waals surface area contributed by atoms with Gasteiger partial charge in [0.25, 0.3) is 0 Å². The molecule has 1 saturated carbocycles. The fourth-order valence-corrected chi connectivity index (χ4v) is 8.66. The minimum absolute atomic E-state index is 0.107. The maximum atomic E-state index is 12.6. The first-order valence-corrected chi connectivity index (χ1v) is 16.4. The Kier molecular flexibility index (Phi) is 8.57. The second-order valence-electron chi connectivity index (χ2n) is 10.1. The van der Waals surface area contributed by atoms with Gasteiger partial charge in [0.2, 0.25) is 0 Å². The zero-order chi connectivity index (χ0) is 31.7. The van der Waals surface area contributed by atoms with Crippen LogP contribution in [-0.2, 0) is 39.2 Å². The molecule has 4 heterocycles. The number of nitrogens with two attached hydrogens (primary N) is 1. The normalized spacial score (nSPS) is 40.7. The molecule has 2 aromatic rings. The van der Waals surface area contributed by atoms with Crippen LogP contribution < -0.4 is 5.73 Å². The molecular formula is C21H28N4O15P2S. The van der Waals surface area contributed by atoms with Crippen LogP contribution in [0.5, 0.6) is 0 Å². The molecule has 0 bridgehead atoms. The maximum Gasteiger partial charge on any atom is 0.481 e. The molecular weight excluding hydrogens is 642 g/mol. The lowest BCUT2D eigenvalue weighted by molar-refractivity contribution is -0.427. The fourth-order valence-electron chi connectivity index (χ4n) is 5.56. The van der Waals surface area contributed by atoms with Gasteiger partial charge in [-0.25, -0.2) is 18.4 Å². The lowest BCUT2D eigenvalue weighted by atomic mass is 9.86. The smallest absolute Gasteiger partial charge is 0.394 e. The van der Waals surface area contributed by atoms with Crippen molar-refractivity contribution in [2.24, 2.45) is 11.8 Å². The first-order valence-electron chi connectivity index (χ1n) is 12.4. The Hall–Kier alpha value is -1.70. The zero-order valence-electron chi connectivity index (χ0n) is 21.6. The predicted molar refractivity (Wildman–Crippen MR) is 141 cm³/mol. The number of fused-ring (bicyclic) bond motifs is 2. The van der Waals surface area contributed by atoms with E-state index in [2.05, 4.69) is 20.3 Å². The Morgan fingerprint density at radius 2 is 1.95 bits per heavy atom. The zero-order valence-corrected chi connectivity index (χ0v) is 24.2. The molecule has 0 radical (unpaired) electrons. The number of terminal acetylenes is 1. The molecule has 238 valence electrons. The van der Waals surface area contributed by atoms with Crippen molar-refractivity contribution in [3.05, 3.63) is 24.2 Å². The van der Waals surface area contributed by atoms with Crippen molar-refractivity contribution >= 4 is 37.7 Å². The van der Waals surface area contributed by atoms with Crippen LogP contribution >= 0.6 is 14.5 Å². The number of aliphatic hydroxyl groups is 7. The molecule has 8 unspecified atom stereocenters. The molecule has 5 rings (SSSR count). The van der Waals surface area contributed by atoms with Gasteiger partial charge < -0.3 is 65.3 Å². The van der Waals surface area contributed by atoms with Crippen LogP contribution in [0.1, 0.15) is 11.8 Å². The first-order chi connectivity index (χ1) is 20.0. The Bertz CT molecular complexity index is 1530. The van der Waals surface area contributed by atoms with Gasteiger partial charge >= 0.3 is 14.5 Å². The molecule has 0 spiro atoms. The summed E-state index contributed by atoms with van der Waals surface area (Å²) in [6, 6.07) is 2.99. The predicted octanol–water partition coefficient (Wildman–Crippen LogP) is -3.79. The Balaban J connectivity index is 1.24. The highest BCUT2D eigenvalue weighted by Crippen LogP contribution is 2.65. The topological polar surface area (TPSA) is 301 Å². The van der Waals surface area contributed by atoms with Crippen LogP contribution in [0.2, 0.25) is 0 Å². The number of aromatic nitrogens is 3. The average molecular weight is 670 g/mol. The van der Waals surface area contributed by atoms with E-state index in [1.165, 1.54) is 16.6 Å².